The second kappa shape index (κ2) is 6.67. The van der Waals surface area contributed by atoms with E-state index in [2.05, 4.69) is 0 Å². The van der Waals surface area contributed by atoms with E-state index in [1.807, 2.05) is 6.92 Å². The van der Waals surface area contributed by atoms with Crippen molar-refractivity contribution in [2.24, 2.45) is 11.8 Å². The van der Waals surface area contributed by atoms with Crippen molar-refractivity contribution < 1.29 is 33.4 Å². The Labute approximate surface area is 171 Å². The third kappa shape index (κ3) is 2.86. The molecule has 0 N–H and O–H groups in total. The number of amides is 2. The lowest BCUT2D eigenvalue weighted by Crippen LogP contribution is -2.52. The summed E-state index contributed by atoms with van der Waals surface area (Å²) in [6.07, 6.45) is 0.965. The predicted molar refractivity (Wildman–Crippen MR) is 99.7 cm³/mol. The quantitative estimate of drug-likeness (QED) is 0.318. The first kappa shape index (κ1) is 19.6. The summed E-state index contributed by atoms with van der Waals surface area (Å²) in [4.78, 5) is 50.7. The molecule has 0 saturated carbocycles. The zero-order valence-corrected chi connectivity index (χ0v) is 16.6. The minimum Gasteiger partial charge on any atom is -0.422 e. The Balaban J connectivity index is 1.75. The number of imide groups is 1. The van der Waals surface area contributed by atoms with Crippen LogP contribution in [0.2, 0.25) is 5.02 Å². The molecule has 2 amide bonds. The molecule has 9 heteroatoms. The van der Waals surface area contributed by atoms with Gasteiger partial charge in [-0.3, -0.25) is 19.2 Å². The van der Waals surface area contributed by atoms with Crippen LogP contribution in [-0.2, 0) is 33.4 Å². The molecule has 1 aromatic carbocycles. The molecule has 4 rings (SSSR count). The Kier molecular flexibility index (Phi) is 4.51. The summed E-state index contributed by atoms with van der Waals surface area (Å²) < 4.78 is 16.2. The topological polar surface area (TPSA) is 99.2 Å². The molecular weight excluding hydrogens is 402 g/mol. The second-order valence-electron chi connectivity index (χ2n) is 7.29. The van der Waals surface area contributed by atoms with Crippen molar-refractivity contribution in [3.05, 3.63) is 40.9 Å². The second-order valence-corrected chi connectivity index (χ2v) is 7.70. The fourth-order valence-electron chi connectivity index (χ4n) is 4.19. The van der Waals surface area contributed by atoms with E-state index >= 15 is 0 Å². The highest BCUT2D eigenvalue weighted by atomic mass is 35.5. The summed E-state index contributed by atoms with van der Waals surface area (Å²) in [7, 11) is 0. The summed E-state index contributed by atoms with van der Waals surface area (Å²) in [5.74, 6) is -4.23. The van der Waals surface area contributed by atoms with Crippen molar-refractivity contribution in [2.75, 3.05) is 4.90 Å². The molecule has 8 nitrogen and oxygen atoms in total. The molecule has 0 spiro atoms. The zero-order valence-electron chi connectivity index (χ0n) is 15.9. The van der Waals surface area contributed by atoms with Gasteiger partial charge in [-0.25, -0.2) is 4.90 Å². The third-order valence-electron chi connectivity index (χ3n) is 5.41. The Bertz CT molecular complexity index is 958. The minimum atomic E-state index is -1.57. The summed E-state index contributed by atoms with van der Waals surface area (Å²) in [6, 6.07) is 4.90. The number of carbonyl (C=O) groups excluding carboxylic acids is 4. The number of rotatable bonds is 4. The average molecular weight is 420 g/mol. The maximum Gasteiger partial charge on any atom is 0.305 e. The van der Waals surface area contributed by atoms with Crippen LogP contribution < -0.4 is 4.90 Å². The van der Waals surface area contributed by atoms with Gasteiger partial charge in [-0.2, -0.15) is 0 Å². The Morgan fingerprint density at radius 3 is 2.41 bits per heavy atom. The van der Waals surface area contributed by atoms with Gasteiger partial charge in [0.15, 0.2) is 5.60 Å². The molecule has 0 unspecified atom stereocenters. The van der Waals surface area contributed by atoms with Crippen LogP contribution in [0.15, 0.2) is 30.4 Å². The average Bonchev–Trinajstić information content (AvgIpc) is 3.28. The molecule has 0 radical (unpaired) electrons. The van der Waals surface area contributed by atoms with E-state index in [1.165, 1.54) is 6.08 Å². The van der Waals surface area contributed by atoms with Crippen molar-refractivity contribution in [1.29, 1.82) is 0 Å². The summed E-state index contributed by atoms with van der Waals surface area (Å²) in [5.41, 5.74) is -0.417. The Morgan fingerprint density at radius 1 is 1.17 bits per heavy atom. The van der Waals surface area contributed by atoms with Gasteiger partial charge in [0.2, 0.25) is 11.8 Å². The largest absolute Gasteiger partial charge is 0.422 e. The van der Waals surface area contributed by atoms with Gasteiger partial charge in [-0.05, 0) is 30.7 Å². The van der Waals surface area contributed by atoms with E-state index < -0.39 is 53.6 Å². The number of ether oxygens (including phenoxy) is 3. The summed E-state index contributed by atoms with van der Waals surface area (Å²) in [5, 5.41) is 0.421. The molecule has 152 valence electrons. The first-order valence-electron chi connectivity index (χ1n) is 9.01. The molecule has 29 heavy (non-hydrogen) atoms. The van der Waals surface area contributed by atoms with Crippen LogP contribution in [0.4, 0.5) is 5.69 Å². The van der Waals surface area contributed by atoms with Gasteiger partial charge in [0.05, 0.1) is 23.6 Å². The lowest BCUT2D eigenvalue weighted by atomic mass is 9.76. The Hall–Kier alpha value is -2.71. The highest BCUT2D eigenvalue weighted by Gasteiger charge is 2.72. The number of nitrogens with zero attached hydrogens (tertiary/aromatic N) is 1. The smallest absolute Gasteiger partial charge is 0.305 e. The molecule has 1 aromatic rings. The van der Waals surface area contributed by atoms with E-state index in [4.69, 9.17) is 25.8 Å². The van der Waals surface area contributed by atoms with E-state index in [0.29, 0.717) is 10.7 Å². The van der Waals surface area contributed by atoms with Gasteiger partial charge in [0.1, 0.15) is 0 Å². The number of esters is 2. The number of hydrogen-bond acceptors (Lipinski definition) is 7. The van der Waals surface area contributed by atoms with Gasteiger partial charge >= 0.3 is 11.9 Å². The molecule has 0 aromatic heterocycles. The number of halogens is 1. The van der Waals surface area contributed by atoms with E-state index in [-0.39, 0.29) is 0 Å². The molecule has 3 heterocycles. The van der Waals surface area contributed by atoms with E-state index in [9.17, 15) is 19.2 Å². The van der Waals surface area contributed by atoms with Crippen LogP contribution in [-0.4, -0.2) is 41.7 Å². The molecule has 2 fully saturated rings. The van der Waals surface area contributed by atoms with Crippen molar-refractivity contribution in [3.8, 4) is 0 Å². The first-order chi connectivity index (χ1) is 13.7. The van der Waals surface area contributed by atoms with Gasteiger partial charge < -0.3 is 14.2 Å². The van der Waals surface area contributed by atoms with Crippen LogP contribution in [0, 0.1) is 18.8 Å². The summed E-state index contributed by atoms with van der Waals surface area (Å²) >= 11 is 6.17. The van der Waals surface area contributed by atoms with Crippen LogP contribution in [0.25, 0.3) is 0 Å². The van der Waals surface area contributed by atoms with Crippen molar-refractivity contribution in [3.63, 3.8) is 0 Å². The molecule has 4 atom stereocenters. The normalized spacial score (nSPS) is 29.6. The number of benzene rings is 1. The lowest BCUT2D eigenvalue weighted by Gasteiger charge is -2.34. The van der Waals surface area contributed by atoms with Crippen LogP contribution in [0.1, 0.15) is 19.4 Å². The monoisotopic (exact) mass is 419 g/mol. The number of anilines is 1. The van der Waals surface area contributed by atoms with Crippen molar-refractivity contribution in [2.45, 2.75) is 38.8 Å². The molecule has 0 aliphatic carbocycles. The number of aryl methyl sites for hydroxylation is 1. The van der Waals surface area contributed by atoms with Crippen molar-refractivity contribution in [1.82, 2.24) is 0 Å². The fraction of sp³-hybridized carbons (Fsp3) is 0.400. The standard InChI is InChI=1S/C20H18ClNO7/c1-9-4-5-12(8-13(9)21)22-17(25)15-14-6-7-20(29-14,16(15)18(22)26)19(27-10(2)23)28-11(3)24/h4-8,14-16,19H,1-3H3/t14-,15-,16+,20+/m1/s1. The molecule has 3 aliphatic heterocycles. The molecule has 3 aliphatic rings. The molecule has 2 bridgehead atoms. The maximum absolute atomic E-state index is 13.3. The number of fused-ring (bicyclic) bond motifs is 5. The van der Waals surface area contributed by atoms with Gasteiger partial charge in [0.25, 0.3) is 6.29 Å². The highest BCUT2D eigenvalue weighted by Crippen LogP contribution is 2.54. The predicted octanol–water partition coefficient (Wildman–Crippen LogP) is 1.91. The van der Waals surface area contributed by atoms with Gasteiger partial charge in [-0.1, -0.05) is 23.7 Å². The van der Waals surface area contributed by atoms with Crippen LogP contribution in [0.5, 0.6) is 0 Å². The number of hydrogen-bond donors (Lipinski definition) is 0. The van der Waals surface area contributed by atoms with E-state index in [1.54, 1.807) is 24.3 Å². The SMILES string of the molecule is CC(=O)OC(OC(C)=O)[C@@]12C=C[C@@H](O1)[C@H]1C(=O)N(c3ccc(C)c(Cl)c3)C(=O)[C@H]12. The van der Waals surface area contributed by atoms with E-state index in [0.717, 1.165) is 24.3 Å². The van der Waals surface area contributed by atoms with Gasteiger partial charge in [-0.15, -0.1) is 0 Å². The number of carbonyl (C=O) groups is 4. The Morgan fingerprint density at radius 2 is 1.83 bits per heavy atom. The van der Waals surface area contributed by atoms with Crippen LogP contribution in [0.3, 0.4) is 0 Å². The summed E-state index contributed by atoms with van der Waals surface area (Å²) in [6.45, 7) is 4.11. The maximum atomic E-state index is 13.3. The fourth-order valence-corrected chi connectivity index (χ4v) is 4.37. The van der Waals surface area contributed by atoms with Crippen molar-refractivity contribution >= 4 is 41.0 Å². The molecular formula is C20H18ClNO7. The lowest BCUT2D eigenvalue weighted by molar-refractivity contribution is -0.226. The van der Waals surface area contributed by atoms with Gasteiger partial charge in [0, 0.05) is 18.9 Å². The first-order valence-corrected chi connectivity index (χ1v) is 9.39. The van der Waals surface area contributed by atoms with Crippen LogP contribution >= 0.6 is 11.6 Å². The zero-order chi connectivity index (χ0) is 21.1. The highest BCUT2D eigenvalue weighted by molar-refractivity contribution is 6.32. The third-order valence-corrected chi connectivity index (χ3v) is 5.81. The minimum absolute atomic E-state index is 0.344. The molecule has 2 saturated heterocycles.